The van der Waals surface area contributed by atoms with Crippen LogP contribution >= 0.6 is 23.8 Å². The number of hydrazone groups is 1. The fourth-order valence-electron chi connectivity index (χ4n) is 3.16. The smallest absolute Gasteiger partial charge is 0.338 e. The Morgan fingerprint density at radius 3 is 2.67 bits per heavy atom. The van der Waals surface area contributed by atoms with E-state index in [9.17, 15) is 9.59 Å². The van der Waals surface area contributed by atoms with Gasteiger partial charge in [0.2, 0.25) is 0 Å². The van der Waals surface area contributed by atoms with Gasteiger partial charge in [0.15, 0.2) is 11.7 Å². The molecule has 10 heteroatoms. The Morgan fingerprint density at radius 1 is 1.21 bits per heavy atom. The summed E-state index contributed by atoms with van der Waals surface area (Å²) >= 11 is 11.1. The second-order valence-electron chi connectivity index (χ2n) is 6.96. The molecule has 0 aliphatic carbocycles. The van der Waals surface area contributed by atoms with Gasteiger partial charge >= 0.3 is 5.97 Å². The summed E-state index contributed by atoms with van der Waals surface area (Å²) in [6.07, 6.45) is 1.50. The number of hydrogen-bond acceptors (Lipinski definition) is 6. The van der Waals surface area contributed by atoms with E-state index in [0.29, 0.717) is 32.7 Å². The van der Waals surface area contributed by atoms with Gasteiger partial charge in [-0.05, 0) is 49.8 Å². The fraction of sp³-hybridized carbons (Fsp3) is 0.217. The zero-order valence-electron chi connectivity index (χ0n) is 18.1. The summed E-state index contributed by atoms with van der Waals surface area (Å²) in [5, 5.41) is 10.9. The largest absolute Gasteiger partial charge is 0.483 e. The molecule has 0 radical (unpaired) electrons. The van der Waals surface area contributed by atoms with Crippen LogP contribution in [0.25, 0.3) is 0 Å². The predicted molar refractivity (Wildman–Crippen MR) is 130 cm³/mol. The second-order valence-corrected chi connectivity index (χ2v) is 7.81. The number of ether oxygens (including phenoxy) is 2. The topological polar surface area (TPSA) is 101 Å². The van der Waals surface area contributed by atoms with Crippen molar-refractivity contribution in [2.75, 3.05) is 13.2 Å². The van der Waals surface area contributed by atoms with Gasteiger partial charge in [-0.2, -0.15) is 5.10 Å². The molecule has 1 aliphatic heterocycles. The molecule has 0 saturated heterocycles. The molecule has 0 spiro atoms. The third-order valence-corrected chi connectivity index (χ3v) is 5.10. The number of nitrogens with one attached hydrogen (secondary N) is 3. The summed E-state index contributed by atoms with van der Waals surface area (Å²) in [6.45, 7) is 3.45. The Hall–Kier alpha value is -3.43. The van der Waals surface area contributed by atoms with Crippen LogP contribution in [-0.2, 0) is 14.3 Å². The quantitative estimate of drug-likeness (QED) is 0.228. The van der Waals surface area contributed by atoms with Crippen LogP contribution in [0.2, 0.25) is 5.02 Å². The number of para-hydroxylation sites is 1. The SMILES string of the molecule is CCOC(=O)C1=C(C)NC(=S)N[C@H]1c1ccccc1OCC(=O)NN=Cc1ccc(Cl)cc1. The van der Waals surface area contributed by atoms with Crippen LogP contribution in [0.3, 0.4) is 0 Å². The maximum atomic E-state index is 12.6. The van der Waals surface area contributed by atoms with Gasteiger partial charge in [0.1, 0.15) is 5.75 Å². The molecule has 2 aromatic carbocycles. The van der Waals surface area contributed by atoms with Crippen LogP contribution in [0.1, 0.15) is 31.0 Å². The van der Waals surface area contributed by atoms with Crippen LogP contribution in [0, 0.1) is 0 Å². The molecule has 0 unspecified atom stereocenters. The van der Waals surface area contributed by atoms with E-state index in [1.165, 1.54) is 6.21 Å². The highest BCUT2D eigenvalue weighted by atomic mass is 35.5. The van der Waals surface area contributed by atoms with Crippen LogP contribution < -0.4 is 20.8 Å². The van der Waals surface area contributed by atoms with E-state index in [1.807, 2.05) is 6.07 Å². The zero-order valence-corrected chi connectivity index (χ0v) is 19.6. The number of esters is 1. The van der Waals surface area contributed by atoms with Gasteiger partial charge in [0, 0.05) is 16.3 Å². The molecule has 8 nitrogen and oxygen atoms in total. The minimum absolute atomic E-state index is 0.238. The first-order valence-electron chi connectivity index (χ1n) is 10.1. The lowest BCUT2D eigenvalue weighted by molar-refractivity contribution is -0.139. The minimum atomic E-state index is -0.597. The molecule has 1 aliphatic rings. The highest BCUT2D eigenvalue weighted by Gasteiger charge is 2.32. The van der Waals surface area contributed by atoms with Crippen molar-refractivity contribution >= 4 is 47.0 Å². The second kappa shape index (κ2) is 11.4. The molecule has 172 valence electrons. The number of rotatable bonds is 8. The van der Waals surface area contributed by atoms with Gasteiger partial charge in [-0.1, -0.05) is 41.9 Å². The Morgan fingerprint density at radius 2 is 1.94 bits per heavy atom. The number of hydrogen-bond donors (Lipinski definition) is 3. The van der Waals surface area contributed by atoms with Crippen molar-refractivity contribution in [2.45, 2.75) is 19.9 Å². The van der Waals surface area contributed by atoms with Gasteiger partial charge in [-0.15, -0.1) is 0 Å². The molecule has 3 rings (SSSR count). The average molecular weight is 487 g/mol. The lowest BCUT2D eigenvalue weighted by Crippen LogP contribution is -2.45. The third-order valence-electron chi connectivity index (χ3n) is 4.63. The van der Waals surface area contributed by atoms with Crippen molar-refractivity contribution in [3.05, 3.63) is 76.0 Å². The summed E-state index contributed by atoms with van der Waals surface area (Å²) in [6, 6.07) is 13.5. The summed E-state index contributed by atoms with van der Waals surface area (Å²) < 4.78 is 11.0. The highest BCUT2D eigenvalue weighted by molar-refractivity contribution is 7.80. The molecule has 0 fully saturated rings. The zero-order chi connectivity index (χ0) is 23.8. The normalized spacial score (nSPS) is 15.6. The summed E-state index contributed by atoms with van der Waals surface area (Å²) in [5.41, 5.74) is 4.82. The number of benzene rings is 2. The van der Waals surface area contributed by atoms with E-state index in [2.05, 4.69) is 21.2 Å². The molecular formula is C23H23ClN4O4S. The molecule has 1 amide bonds. The summed E-state index contributed by atoms with van der Waals surface area (Å²) in [5.74, 6) is -0.487. The number of nitrogens with zero attached hydrogens (tertiary/aromatic N) is 1. The van der Waals surface area contributed by atoms with Crippen LogP contribution in [0.5, 0.6) is 5.75 Å². The lowest BCUT2D eigenvalue weighted by Gasteiger charge is -2.30. The van der Waals surface area contributed by atoms with Gasteiger partial charge < -0.3 is 20.1 Å². The van der Waals surface area contributed by atoms with Gasteiger partial charge in [-0.3, -0.25) is 4.79 Å². The van der Waals surface area contributed by atoms with Crippen molar-refractivity contribution in [2.24, 2.45) is 5.10 Å². The van der Waals surface area contributed by atoms with E-state index < -0.39 is 17.9 Å². The molecule has 1 heterocycles. The molecule has 33 heavy (non-hydrogen) atoms. The number of thiocarbonyl (C=S) groups is 1. The highest BCUT2D eigenvalue weighted by Crippen LogP contribution is 2.33. The van der Waals surface area contributed by atoms with E-state index in [4.69, 9.17) is 33.3 Å². The fourth-order valence-corrected chi connectivity index (χ4v) is 3.56. The maximum Gasteiger partial charge on any atom is 0.338 e. The first kappa shape index (κ1) is 24.2. The number of amides is 1. The number of allylic oxidation sites excluding steroid dienone is 1. The van der Waals surface area contributed by atoms with Crippen molar-refractivity contribution in [3.8, 4) is 5.75 Å². The molecule has 2 aromatic rings. The van der Waals surface area contributed by atoms with E-state index in [-0.39, 0.29) is 13.2 Å². The van der Waals surface area contributed by atoms with E-state index in [1.54, 1.807) is 56.3 Å². The first-order chi connectivity index (χ1) is 15.9. The Labute approximate surface area is 202 Å². The van der Waals surface area contributed by atoms with Crippen LogP contribution in [0.4, 0.5) is 0 Å². The molecular weight excluding hydrogens is 464 g/mol. The molecule has 0 saturated carbocycles. The van der Waals surface area contributed by atoms with E-state index in [0.717, 1.165) is 5.56 Å². The predicted octanol–water partition coefficient (Wildman–Crippen LogP) is 3.23. The molecule has 3 N–H and O–H groups in total. The Balaban J connectivity index is 1.71. The van der Waals surface area contributed by atoms with Gasteiger partial charge in [0.05, 0.1) is 24.4 Å². The van der Waals surface area contributed by atoms with Crippen LogP contribution in [-0.4, -0.2) is 36.4 Å². The van der Waals surface area contributed by atoms with Crippen molar-refractivity contribution < 1.29 is 19.1 Å². The first-order valence-corrected chi connectivity index (χ1v) is 10.9. The summed E-state index contributed by atoms with van der Waals surface area (Å²) in [4.78, 5) is 24.8. The molecule has 1 atom stereocenters. The van der Waals surface area contributed by atoms with Crippen molar-refractivity contribution in [1.29, 1.82) is 0 Å². The number of carbonyl (C=O) groups is 2. The number of carbonyl (C=O) groups excluding carboxylic acids is 2. The van der Waals surface area contributed by atoms with Gasteiger partial charge in [-0.25, -0.2) is 10.2 Å². The molecule has 0 aromatic heterocycles. The third kappa shape index (κ3) is 6.53. The maximum absolute atomic E-state index is 12.6. The molecule has 0 bridgehead atoms. The average Bonchev–Trinajstić information content (AvgIpc) is 2.79. The Bertz CT molecular complexity index is 1100. The van der Waals surface area contributed by atoms with Crippen molar-refractivity contribution in [3.63, 3.8) is 0 Å². The minimum Gasteiger partial charge on any atom is -0.483 e. The number of halogens is 1. The van der Waals surface area contributed by atoms with E-state index >= 15 is 0 Å². The monoisotopic (exact) mass is 486 g/mol. The standard InChI is InChI=1S/C23H23ClN4O4S/c1-3-31-22(30)20-14(2)26-23(33)27-21(20)17-6-4-5-7-18(17)32-13-19(29)28-25-12-15-8-10-16(24)11-9-15/h4-12,21H,3,13H2,1-2H3,(H,28,29)(H2,26,27,33)/t21-/m0/s1. The summed E-state index contributed by atoms with van der Waals surface area (Å²) in [7, 11) is 0. The van der Waals surface area contributed by atoms with Crippen molar-refractivity contribution in [1.82, 2.24) is 16.1 Å². The lowest BCUT2D eigenvalue weighted by atomic mass is 9.95. The van der Waals surface area contributed by atoms with Gasteiger partial charge in [0.25, 0.3) is 5.91 Å². The van der Waals surface area contributed by atoms with Crippen LogP contribution in [0.15, 0.2) is 64.9 Å². The Kier molecular flexibility index (Phi) is 8.39.